The fraction of sp³-hybridized carbons (Fsp3) is 0.273. The minimum Gasteiger partial charge on any atom is -0.494 e. The first kappa shape index (κ1) is 17.3. The van der Waals surface area contributed by atoms with Crippen LogP contribution in [0.4, 0.5) is 0 Å². The summed E-state index contributed by atoms with van der Waals surface area (Å²) in [6, 6.07) is 14.2. The number of rotatable bonds is 5. The van der Waals surface area contributed by atoms with Gasteiger partial charge in [-0.2, -0.15) is 0 Å². The molecule has 0 saturated carbocycles. The summed E-state index contributed by atoms with van der Waals surface area (Å²) in [4.78, 5) is 28.0. The molecule has 5 heteroatoms. The Morgan fingerprint density at radius 2 is 1.89 bits per heavy atom. The number of hydrogen-bond acceptors (Lipinski definition) is 4. The normalized spacial score (nSPS) is 16.0. The maximum absolute atomic E-state index is 13.2. The van der Waals surface area contributed by atoms with E-state index in [-0.39, 0.29) is 17.1 Å². The van der Waals surface area contributed by atoms with Crippen LogP contribution in [0.15, 0.2) is 57.7 Å². The first-order valence-electron chi connectivity index (χ1n) is 9.25. The molecule has 0 spiro atoms. The molecular weight excluding hydrogens is 342 g/mol. The van der Waals surface area contributed by atoms with E-state index in [1.54, 1.807) is 29.2 Å². The van der Waals surface area contributed by atoms with Gasteiger partial charge in [-0.25, -0.2) is 0 Å². The van der Waals surface area contributed by atoms with E-state index < -0.39 is 6.04 Å². The van der Waals surface area contributed by atoms with Gasteiger partial charge in [-0.15, -0.1) is 0 Å². The number of fused-ring (bicyclic) bond motifs is 2. The van der Waals surface area contributed by atoms with Gasteiger partial charge in [0, 0.05) is 6.54 Å². The number of benzene rings is 2. The predicted molar refractivity (Wildman–Crippen MR) is 103 cm³/mol. The SMILES string of the molecule is CCCN1C(=O)c2oc3ccccc3c(=O)c2[C@H]1c1cccc(OCC)c1. The number of carbonyl (C=O) groups is 1. The van der Waals surface area contributed by atoms with Crippen molar-refractivity contribution < 1.29 is 13.9 Å². The summed E-state index contributed by atoms with van der Waals surface area (Å²) in [5.41, 5.74) is 1.56. The number of carbonyl (C=O) groups excluding carboxylic acids is 1. The third-order valence-corrected chi connectivity index (χ3v) is 4.82. The quantitative estimate of drug-likeness (QED) is 0.683. The van der Waals surface area contributed by atoms with Gasteiger partial charge in [0.2, 0.25) is 5.76 Å². The highest BCUT2D eigenvalue weighted by Crippen LogP contribution is 2.39. The van der Waals surface area contributed by atoms with E-state index in [4.69, 9.17) is 9.15 Å². The van der Waals surface area contributed by atoms with Gasteiger partial charge in [-0.05, 0) is 43.2 Å². The van der Waals surface area contributed by atoms with Gasteiger partial charge in [0.05, 0.1) is 23.6 Å². The van der Waals surface area contributed by atoms with Crippen LogP contribution in [0.5, 0.6) is 5.75 Å². The molecule has 5 nitrogen and oxygen atoms in total. The second-order valence-electron chi connectivity index (χ2n) is 6.58. The Hall–Kier alpha value is -3.08. The highest BCUT2D eigenvalue weighted by Gasteiger charge is 2.42. The summed E-state index contributed by atoms with van der Waals surface area (Å²) >= 11 is 0. The lowest BCUT2D eigenvalue weighted by Crippen LogP contribution is -2.30. The summed E-state index contributed by atoms with van der Waals surface area (Å²) in [5.74, 6) is 0.637. The van der Waals surface area contributed by atoms with E-state index in [1.165, 1.54) is 0 Å². The van der Waals surface area contributed by atoms with Crippen LogP contribution in [0.3, 0.4) is 0 Å². The molecule has 0 radical (unpaired) electrons. The van der Waals surface area contributed by atoms with Crippen molar-refractivity contribution in [3.8, 4) is 5.75 Å². The Balaban J connectivity index is 1.95. The molecule has 1 atom stereocenters. The molecule has 3 aromatic rings. The minimum atomic E-state index is -0.464. The zero-order chi connectivity index (χ0) is 19.0. The number of para-hydroxylation sites is 1. The summed E-state index contributed by atoms with van der Waals surface area (Å²) in [6.07, 6.45) is 0.787. The van der Waals surface area contributed by atoms with Gasteiger partial charge >= 0.3 is 0 Å². The molecule has 1 aliphatic rings. The van der Waals surface area contributed by atoms with E-state index in [0.717, 1.165) is 17.7 Å². The molecule has 2 heterocycles. The van der Waals surface area contributed by atoms with E-state index in [1.807, 2.05) is 38.1 Å². The highest BCUT2D eigenvalue weighted by molar-refractivity contribution is 5.99. The topological polar surface area (TPSA) is 59.8 Å². The monoisotopic (exact) mass is 363 g/mol. The summed E-state index contributed by atoms with van der Waals surface area (Å²) < 4.78 is 11.5. The zero-order valence-corrected chi connectivity index (χ0v) is 15.4. The van der Waals surface area contributed by atoms with Gasteiger partial charge < -0.3 is 14.1 Å². The van der Waals surface area contributed by atoms with E-state index >= 15 is 0 Å². The van der Waals surface area contributed by atoms with Gasteiger partial charge in [0.25, 0.3) is 5.91 Å². The van der Waals surface area contributed by atoms with Crippen LogP contribution < -0.4 is 10.2 Å². The van der Waals surface area contributed by atoms with Crippen LogP contribution in [0.25, 0.3) is 11.0 Å². The van der Waals surface area contributed by atoms with Crippen LogP contribution in [-0.2, 0) is 0 Å². The second-order valence-corrected chi connectivity index (χ2v) is 6.58. The molecule has 0 unspecified atom stereocenters. The van der Waals surface area contributed by atoms with Crippen LogP contribution in [-0.4, -0.2) is 24.0 Å². The predicted octanol–water partition coefficient (Wildman–Crippen LogP) is 4.15. The van der Waals surface area contributed by atoms with Crippen LogP contribution >= 0.6 is 0 Å². The van der Waals surface area contributed by atoms with Crippen molar-refractivity contribution in [1.29, 1.82) is 0 Å². The van der Waals surface area contributed by atoms with Crippen molar-refractivity contribution in [2.75, 3.05) is 13.2 Å². The molecule has 138 valence electrons. The van der Waals surface area contributed by atoms with Crippen molar-refractivity contribution in [3.63, 3.8) is 0 Å². The zero-order valence-electron chi connectivity index (χ0n) is 15.4. The molecule has 27 heavy (non-hydrogen) atoms. The third kappa shape index (κ3) is 2.79. The third-order valence-electron chi connectivity index (χ3n) is 4.82. The fourth-order valence-electron chi connectivity index (χ4n) is 3.73. The molecule has 4 rings (SSSR count). The van der Waals surface area contributed by atoms with Crippen LogP contribution in [0, 0.1) is 0 Å². The Labute approximate surface area is 157 Å². The number of amides is 1. The van der Waals surface area contributed by atoms with Gasteiger partial charge in [-0.3, -0.25) is 9.59 Å². The first-order chi connectivity index (χ1) is 13.2. The molecule has 1 aromatic heterocycles. The van der Waals surface area contributed by atoms with Crippen molar-refractivity contribution >= 4 is 16.9 Å². The Bertz CT molecular complexity index is 1070. The molecule has 0 saturated heterocycles. The average molecular weight is 363 g/mol. The molecule has 0 aliphatic carbocycles. The first-order valence-corrected chi connectivity index (χ1v) is 9.25. The van der Waals surface area contributed by atoms with Crippen LogP contribution in [0.1, 0.15) is 48.0 Å². The molecule has 0 fully saturated rings. The average Bonchev–Trinajstić information content (AvgIpc) is 2.96. The molecule has 0 N–H and O–H groups in total. The maximum Gasteiger partial charge on any atom is 0.290 e. The van der Waals surface area contributed by atoms with Gasteiger partial charge in [0.1, 0.15) is 11.3 Å². The fourth-order valence-corrected chi connectivity index (χ4v) is 3.73. The largest absolute Gasteiger partial charge is 0.494 e. The minimum absolute atomic E-state index is 0.148. The smallest absolute Gasteiger partial charge is 0.290 e. The highest BCUT2D eigenvalue weighted by atomic mass is 16.5. The molecular formula is C22H21NO4. The lowest BCUT2D eigenvalue weighted by atomic mass is 9.98. The summed E-state index contributed by atoms with van der Waals surface area (Å²) in [7, 11) is 0. The van der Waals surface area contributed by atoms with E-state index in [2.05, 4.69) is 0 Å². The van der Waals surface area contributed by atoms with Crippen molar-refractivity contribution in [2.45, 2.75) is 26.3 Å². The van der Waals surface area contributed by atoms with Gasteiger partial charge in [0.15, 0.2) is 5.43 Å². The standard InChI is InChI=1S/C22H21NO4/c1-3-12-23-19(14-8-7-9-15(13-14)26-4-2)18-20(24)16-10-5-6-11-17(16)27-21(18)22(23)25/h5-11,13,19H,3-4,12H2,1-2H3/t19-/m1/s1. The molecule has 1 aliphatic heterocycles. The number of ether oxygens (including phenoxy) is 1. The van der Waals surface area contributed by atoms with E-state index in [9.17, 15) is 9.59 Å². The Morgan fingerprint density at radius 1 is 1.07 bits per heavy atom. The van der Waals surface area contributed by atoms with Crippen LogP contribution in [0.2, 0.25) is 0 Å². The van der Waals surface area contributed by atoms with Crippen molar-refractivity contribution in [2.24, 2.45) is 0 Å². The lowest BCUT2D eigenvalue weighted by Gasteiger charge is -2.24. The second kappa shape index (κ2) is 6.91. The Morgan fingerprint density at radius 3 is 2.67 bits per heavy atom. The Kier molecular flexibility index (Phi) is 4.44. The summed E-state index contributed by atoms with van der Waals surface area (Å²) in [5, 5.41) is 0.494. The van der Waals surface area contributed by atoms with Gasteiger partial charge in [-0.1, -0.05) is 31.2 Å². The number of hydrogen-bond donors (Lipinski definition) is 0. The summed E-state index contributed by atoms with van der Waals surface area (Å²) in [6.45, 7) is 5.03. The molecule has 0 bridgehead atoms. The molecule has 2 aromatic carbocycles. The van der Waals surface area contributed by atoms with E-state index in [0.29, 0.717) is 29.7 Å². The van der Waals surface area contributed by atoms with Crippen molar-refractivity contribution in [1.82, 2.24) is 4.90 Å². The maximum atomic E-state index is 13.2. The molecule has 1 amide bonds. The van der Waals surface area contributed by atoms with Crippen molar-refractivity contribution in [3.05, 3.63) is 75.6 Å². The lowest BCUT2D eigenvalue weighted by molar-refractivity contribution is 0.0728. The number of nitrogens with zero attached hydrogens (tertiary/aromatic N) is 1.